The first-order valence-corrected chi connectivity index (χ1v) is 13.0. The van der Waals surface area contributed by atoms with Crippen LogP contribution in [0.5, 0.6) is 0 Å². The maximum absolute atomic E-state index is 12.1. The fourth-order valence-electron chi connectivity index (χ4n) is 3.15. The Labute approximate surface area is 213 Å². The summed E-state index contributed by atoms with van der Waals surface area (Å²) in [6, 6.07) is 0. The summed E-state index contributed by atoms with van der Waals surface area (Å²) in [5.74, 6) is 0.868. The van der Waals surface area contributed by atoms with E-state index in [4.69, 9.17) is 18.9 Å². The van der Waals surface area contributed by atoms with Gasteiger partial charge in [-0.25, -0.2) is 4.68 Å². The Kier molecular flexibility index (Phi) is 13.0. The fourth-order valence-corrected chi connectivity index (χ4v) is 3.15. The molecule has 1 aromatic heterocycles. The molecular formula is C27H51N3O5. The van der Waals surface area contributed by atoms with Crippen LogP contribution in [-0.2, 0) is 36.9 Å². The lowest BCUT2D eigenvalue weighted by Crippen LogP contribution is -2.38. The Morgan fingerprint density at radius 3 is 2.20 bits per heavy atom. The zero-order valence-electron chi connectivity index (χ0n) is 24.0. The molecule has 8 heteroatoms. The number of hydrogen-bond donors (Lipinski definition) is 0. The number of aromatic nitrogens is 3. The van der Waals surface area contributed by atoms with E-state index < -0.39 is 11.2 Å². The maximum Gasteiger partial charge on any atom is 0.138 e. The van der Waals surface area contributed by atoms with Gasteiger partial charge in [0.1, 0.15) is 11.5 Å². The van der Waals surface area contributed by atoms with Crippen molar-refractivity contribution in [2.75, 3.05) is 26.4 Å². The van der Waals surface area contributed by atoms with Gasteiger partial charge >= 0.3 is 0 Å². The number of ether oxygens (including phenoxy) is 4. The van der Waals surface area contributed by atoms with Crippen molar-refractivity contribution in [3.05, 3.63) is 11.9 Å². The van der Waals surface area contributed by atoms with Crippen molar-refractivity contribution in [3.63, 3.8) is 0 Å². The van der Waals surface area contributed by atoms with Crippen LogP contribution in [0.2, 0.25) is 0 Å². The van der Waals surface area contributed by atoms with Gasteiger partial charge in [-0.2, -0.15) is 0 Å². The Morgan fingerprint density at radius 2 is 1.57 bits per heavy atom. The largest absolute Gasteiger partial charge is 0.375 e. The van der Waals surface area contributed by atoms with E-state index in [9.17, 15) is 4.79 Å². The molecule has 0 aliphatic heterocycles. The zero-order chi connectivity index (χ0) is 26.7. The predicted octanol–water partition coefficient (Wildman–Crippen LogP) is 5.23. The second kappa shape index (κ2) is 14.4. The van der Waals surface area contributed by atoms with Gasteiger partial charge in [-0.1, -0.05) is 32.9 Å². The average molecular weight is 498 g/mol. The smallest absolute Gasteiger partial charge is 0.138 e. The number of ketones is 1. The first-order chi connectivity index (χ1) is 16.1. The Bertz CT molecular complexity index is 741. The van der Waals surface area contributed by atoms with E-state index in [0.717, 1.165) is 25.1 Å². The van der Waals surface area contributed by atoms with Crippen LogP contribution in [0, 0.1) is 11.8 Å². The molecule has 0 radical (unpaired) electrons. The summed E-state index contributed by atoms with van der Waals surface area (Å²) in [4.78, 5) is 12.1. The number of hydrogen-bond acceptors (Lipinski definition) is 7. The van der Waals surface area contributed by atoms with Gasteiger partial charge in [0, 0.05) is 25.6 Å². The normalized spacial score (nSPS) is 13.3. The van der Waals surface area contributed by atoms with Gasteiger partial charge in [-0.3, -0.25) is 4.79 Å². The molecule has 0 bridgehead atoms. The van der Waals surface area contributed by atoms with E-state index in [1.54, 1.807) is 4.68 Å². The minimum Gasteiger partial charge on any atom is -0.375 e. The minimum absolute atomic E-state index is 0.0144. The van der Waals surface area contributed by atoms with E-state index in [-0.39, 0.29) is 17.3 Å². The molecule has 0 saturated carbocycles. The number of nitrogens with zero attached hydrogens (tertiary/aromatic N) is 3. The summed E-state index contributed by atoms with van der Waals surface area (Å²) in [6.07, 6.45) is 4.18. The van der Waals surface area contributed by atoms with Crippen LogP contribution in [0.15, 0.2) is 6.20 Å². The summed E-state index contributed by atoms with van der Waals surface area (Å²) in [5, 5.41) is 8.36. The molecular weight excluding hydrogens is 446 g/mol. The van der Waals surface area contributed by atoms with Crippen molar-refractivity contribution >= 4 is 5.78 Å². The highest BCUT2D eigenvalue weighted by molar-refractivity contribution is 5.81. The van der Waals surface area contributed by atoms with E-state index in [0.29, 0.717) is 45.3 Å². The molecule has 0 spiro atoms. The van der Waals surface area contributed by atoms with Crippen molar-refractivity contribution < 1.29 is 23.7 Å². The van der Waals surface area contributed by atoms with Crippen molar-refractivity contribution in [2.24, 2.45) is 11.8 Å². The lowest BCUT2D eigenvalue weighted by atomic mass is 9.95. The van der Waals surface area contributed by atoms with Gasteiger partial charge in [-0.05, 0) is 60.3 Å². The zero-order valence-corrected chi connectivity index (χ0v) is 24.0. The second-order valence-electron chi connectivity index (χ2n) is 12.0. The van der Waals surface area contributed by atoms with E-state index in [2.05, 4.69) is 38.0 Å². The highest BCUT2D eigenvalue weighted by atomic mass is 16.6. The van der Waals surface area contributed by atoms with Gasteiger partial charge in [0.15, 0.2) is 0 Å². The third-order valence-corrected chi connectivity index (χ3v) is 5.74. The molecule has 0 fully saturated rings. The van der Waals surface area contributed by atoms with Gasteiger partial charge in [-0.15, -0.1) is 5.10 Å². The Balaban J connectivity index is 2.30. The van der Waals surface area contributed by atoms with Gasteiger partial charge in [0.25, 0.3) is 0 Å². The van der Waals surface area contributed by atoms with Crippen LogP contribution < -0.4 is 0 Å². The second-order valence-corrected chi connectivity index (χ2v) is 12.0. The predicted molar refractivity (Wildman–Crippen MR) is 138 cm³/mol. The first-order valence-electron chi connectivity index (χ1n) is 13.0. The van der Waals surface area contributed by atoms with Crippen LogP contribution in [0.1, 0.15) is 94.2 Å². The van der Waals surface area contributed by atoms with Gasteiger partial charge in [0.2, 0.25) is 0 Å². The summed E-state index contributed by atoms with van der Waals surface area (Å²) in [6.45, 7) is 23.6. The molecule has 0 unspecified atom stereocenters. The fraction of sp³-hybridized carbons (Fsp3) is 0.889. The van der Waals surface area contributed by atoms with E-state index in [1.165, 1.54) is 0 Å². The van der Waals surface area contributed by atoms with Crippen molar-refractivity contribution in [1.29, 1.82) is 0 Å². The van der Waals surface area contributed by atoms with Crippen LogP contribution in [0.3, 0.4) is 0 Å². The molecule has 1 aromatic rings. The molecule has 0 saturated heterocycles. The standard InChI is InChI=1S/C27H51N3O5/c1-21(2)11-14-33-25(5,6)12-15-32-19-23-18-30(29-28-23)13-16-34-27(9,10)20-35-26(7,8)17-24(31)22(3)4/h18,21-22H,11-17,19-20H2,1-10H3. The molecule has 0 amide bonds. The molecule has 0 N–H and O–H groups in total. The van der Waals surface area contributed by atoms with Crippen molar-refractivity contribution in [3.8, 4) is 0 Å². The molecule has 8 nitrogen and oxygen atoms in total. The lowest BCUT2D eigenvalue weighted by Gasteiger charge is -2.32. The third-order valence-electron chi connectivity index (χ3n) is 5.74. The lowest BCUT2D eigenvalue weighted by molar-refractivity contribution is -0.140. The molecule has 0 aliphatic carbocycles. The highest BCUT2D eigenvalue weighted by Crippen LogP contribution is 2.21. The van der Waals surface area contributed by atoms with Crippen molar-refractivity contribution in [1.82, 2.24) is 15.0 Å². The molecule has 0 aliphatic rings. The van der Waals surface area contributed by atoms with Crippen LogP contribution in [-0.4, -0.2) is 64.0 Å². The number of carbonyl (C=O) groups excluding carboxylic acids is 1. The number of rotatable bonds is 19. The van der Waals surface area contributed by atoms with Gasteiger partial charge in [0.05, 0.1) is 49.4 Å². The average Bonchev–Trinajstić information content (AvgIpc) is 3.16. The molecule has 1 heterocycles. The topological polar surface area (TPSA) is 84.7 Å². The maximum atomic E-state index is 12.1. The summed E-state index contributed by atoms with van der Waals surface area (Å²) in [7, 11) is 0. The summed E-state index contributed by atoms with van der Waals surface area (Å²) >= 11 is 0. The SMILES string of the molecule is CC(C)CCOC(C)(C)CCOCc1cn(CCOC(C)(C)COC(C)(C)CC(=O)C(C)C)nn1. The van der Waals surface area contributed by atoms with E-state index in [1.807, 2.05) is 47.7 Å². The molecule has 204 valence electrons. The van der Waals surface area contributed by atoms with Crippen LogP contribution in [0.25, 0.3) is 0 Å². The van der Waals surface area contributed by atoms with Crippen molar-refractivity contribution in [2.45, 2.75) is 118 Å². The monoisotopic (exact) mass is 497 g/mol. The Morgan fingerprint density at radius 1 is 0.914 bits per heavy atom. The molecule has 35 heavy (non-hydrogen) atoms. The first kappa shape index (κ1) is 31.7. The quantitative estimate of drug-likeness (QED) is 0.242. The van der Waals surface area contributed by atoms with Crippen LogP contribution >= 0.6 is 0 Å². The van der Waals surface area contributed by atoms with Gasteiger partial charge < -0.3 is 18.9 Å². The minimum atomic E-state index is -0.516. The highest BCUT2D eigenvalue weighted by Gasteiger charge is 2.28. The Hall–Kier alpha value is -1.35. The van der Waals surface area contributed by atoms with Crippen LogP contribution in [0.4, 0.5) is 0 Å². The molecule has 0 atom stereocenters. The third kappa shape index (κ3) is 14.7. The number of Topliss-reactive ketones (excluding diaryl/α,β-unsaturated/α-hetero) is 1. The van der Waals surface area contributed by atoms with E-state index >= 15 is 0 Å². The summed E-state index contributed by atoms with van der Waals surface area (Å²) in [5.41, 5.74) is -0.394. The summed E-state index contributed by atoms with van der Waals surface area (Å²) < 4.78 is 25.6. The molecule has 1 rings (SSSR count). The molecule has 0 aromatic carbocycles. The number of carbonyl (C=O) groups is 1.